The molecule has 0 radical (unpaired) electrons. The molecule has 1 saturated heterocycles. The van der Waals surface area contributed by atoms with Gasteiger partial charge in [-0.05, 0) is 99.6 Å². The van der Waals surface area contributed by atoms with Crippen LogP contribution in [0.2, 0.25) is 0 Å². The number of piperidine rings is 1. The van der Waals surface area contributed by atoms with Crippen LogP contribution in [0.3, 0.4) is 0 Å². The van der Waals surface area contributed by atoms with E-state index in [9.17, 15) is 34.2 Å². The second-order valence-electron chi connectivity index (χ2n) is 22.0. The molecular formula is C56H74N12O11. The average molecular weight is 1090 g/mol. The number of aliphatic hydroxyl groups excluding tert-OH is 2. The predicted molar refractivity (Wildman–Crippen MR) is 292 cm³/mol. The first-order valence-corrected chi connectivity index (χ1v) is 27.6. The number of anilines is 2. The Kier molecular flexibility index (Phi) is 18.2. The summed E-state index contributed by atoms with van der Waals surface area (Å²) in [5, 5.41) is 34.0. The number of carbonyl (C=O) groups is 5. The van der Waals surface area contributed by atoms with E-state index in [1.54, 1.807) is 29.1 Å². The molecule has 6 heterocycles. The highest BCUT2D eigenvalue weighted by molar-refractivity contribution is 6.23. The van der Waals surface area contributed by atoms with E-state index < -0.39 is 42.0 Å². The minimum Gasteiger partial charge on any atom is -0.506 e. The molecule has 0 bridgehead atoms. The van der Waals surface area contributed by atoms with E-state index in [1.165, 1.54) is 11.9 Å². The molecule has 5 aromatic rings. The number of fused-ring (bicyclic) bond motifs is 3. The number of aromatic amines is 1. The van der Waals surface area contributed by atoms with Crippen LogP contribution in [0.5, 0.6) is 0 Å². The lowest BCUT2D eigenvalue weighted by Gasteiger charge is -2.45. The van der Waals surface area contributed by atoms with Crippen LogP contribution in [-0.2, 0) is 45.2 Å². The number of imide groups is 2. The second kappa shape index (κ2) is 25.4. The van der Waals surface area contributed by atoms with E-state index in [4.69, 9.17) is 23.9 Å². The molecule has 2 aromatic carbocycles. The molecule has 9 rings (SSSR count). The van der Waals surface area contributed by atoms with Gasteiger partial charge in [0.2, 0.25) is 23.9 Å². The molecule has 3 atom stereocenters. The topological polar surface area (TPSA) is 290 Å². The number of aryl methyl sites for hydroxylation is 1. The maximum absolute atomic E-state index is 13.1. The lowest BCUT2D eigenvalue weighted by Crippen LogP contribution is -2.54. The number of rotatable bonds is 28. The average Bonchev–Trinajstić information content (AvgIpc) is 4.34. The normalized spacial score (nSPS) is 20.4. The zero-order chi connectivity index (χ0) is 55.8. The summed E-state index contributed by atoms with van der Waals surface area (Å²) in [5.41, 5.74) is 5.43. The Bertz CT molecular complexity index is 3030. The molecule has 4 aliphatic rings. The fourth-order valence-corrected chi connectivity index (χ4v) is 10.5. The van der Waals surface area contributed by atoms with Crippen molar-refractivity contribution in [3.63, 3.8) is 0 Å². The van der Waals surface area contributed by atoms with Gasteiger partial charge in [0.25, 0.3) is 11.8 Å². The van der Waals surface area contributed by atoms with Crippen LogP contribution in [0.25, 0.3) is 22.2 Å². The first-order valence-electron chi connectivity index (χ1n) is 27.6. The van der Waals surface area contributed by atoms with Gasteiger partial charge in [0.1, 0.15) is 24.5 Å². The fourth-order valence-electron chi connectivity index (χ4n) is 10.5. The van der Waals surface area contributed by atoms with E-state index >= 15 is 0 Å². The Morgan fingerprint density at radius 1 is 0.899 bits per heavy atom. The van der Waals surface area contributed by atoms with Crippen molar-refractivity contribution in [1.29, 1.82) is 0 Å². The number of nitrogens with zero attached hydrogens (tertiary/aromatic N) is 7. The molecular weight excluding hydrogens is 1020 g/mol. The van der Waals surface area contributed by atoms with Crippen molar-refractivity contribution in [3.8, 4) is 0 Å². The molecule has 424 valence electrons. The summed E-state index contributed by atoms with van der Waals surface area (Å²) >= 11 is 0. The molecule has 2 unspecified atom stereocenters. The highest BCUT2D eigenvalue weighted by atomic mass is 16.5. The Hall–Kier alpha value is -7.05. The maximum atomic E-state index is 13.1. The lowest BCUT2D eigenvalue weighted by atomic mass is 9.76. The number of ether oxygens (including phenoxy) is 4. The summed E-state index contributed by atoms with van der Waals surface area (Å²) in [6.45, 7) is 14.8. The molecule has 1 saturated carbocycles. The number of nitrogens with one attached hydrogen (secondary N) is 5. The predicted octanol–water partition coefficient (Wildman–Crippen LogP) is 5.04. The van der Waals surface area contributed by atoms with Gasteiger partial charge in [0.15, 0.2) is 34.6 Å². The van der Waals surface area contributed by atoms with Gasteiger partial charge in [-0.15, -0.1) is 0 Å². The van der Waals surface area contributed by atoms with Gasteiger partial charge in [0.05, 0.1) is 68.3 Å². The van der Waals surface area contributed by atoms with Gasteiger partial charge in [-0.2, -0.15) is 0 Å². The highest BCUT2D eigenvalue weighted by Crippen LogP contribution is 2.40. The minimum absolute atomic E-state index is 0.0572. The van der Waals surface area contributed by atoms with Gasteiger partial charge < -0.3 is 50.1 Å². The van der Waals surface area contributed by atoms with Crippen molar-refractivity contribution in [2.75, 3.05) is 76.5 Å². The zero-order valence-corrected chi connectivity index (χ0v) is 45.7. The number of imidazole rings is 2. The summed E-state index contributed by atoms with van der Waals surface area (Å²) in [4.78, 5) is 87.3. The van der Waals surface area contributed by atoms with E-state index in [1.807, 2.05) is 0 Å². The number of benzene rings is 2. The van der Waals surface area contributed by atoms with Gasteiger partial charge in [-0.3, -0.25) is 43.7 Å². The quantitative estimate of drug-likeness (QED) is 0.0255. The molecule has 23 nitrogen and oxygen atoms in total. The van der Waals surface area contributed by atoms with Crippen LogP contribution >= 0.6 is 0 Å². The Morgan fingerprint density at radius 2 is 1.65 bits per heavy atom. The number of H-pyrrole nitrogens is 1. The maximum Gasteiger partial charge on any atom is 0.262 e. The summed E-state index contributed by atoms with van der Waals surface area (Å²) in [6.07, 6.45) is 6.57. The van der Waals surface area contributed by atoms with Gasteiger partial charge in [0, 0.05) is 56.7 Å². The third-order valence-electron chi connectivity index (χ3n) is 15.0. The number of hydrogen-bond donors (Lipinski definition) is 7. The lowest BCUT2D eigenvalue weighted by molar-refractivity contribution is -0.136. The molecule has 23 heteroatoms. The van der Waals surface area contributed by atoms with Gasteiger partial charge >= 0.3 is 0 Å². The Morgan fingerprint density at radius 3 is 2.41 bits per heavy atom. The Balaban J connectivity index is 0.601. The molecule has 0 spiro atoms. The van der Waals surface area contributed by atoms with Crippen LogP contribution in [0.1, 0.15) is 124 Å². The van der Waals surface area contributed by atoms with Crippen molar-refractivity contribution >= 4 is 63.2 Å². The van der Waals surface area contributed by atoms with Crippen LogP contribution < -0.4 is 21.3 Å². The van der Waals surface area contributed by atoms with Crippen molar-refractivity contribution < 1.29 is 53.1 Å². The number of carbonyl (C=O) groups excluding carboxylic acids is 5. The summed E-state index contributed by atoms with van der Waals surface area (Å²) in [5.74, 6) is -0.0280. The number of aromatic nitrogens is 6. The van der Waals surface area contributed by atoms with Crippen LogP contribution in [0.15, 0.2) is 60.6 Å². The Labute approximate surface area is 458 Å². The molecule has 3 aliphatic heterocycles. The molecule has 1 aliphatic carbocycles. The number of aliphatic hydroxyl groups is 2. The van der Waals surface area contributed by atoms with Crippen molar-refractivity contribution in [3.05, 3.63) is 83.1 Å². The smallest absolute Gasteiger partial charge is 0.262 e. The van der Waals surface area contributed by atoms with E-state index in [0.717, 1.165) is 60.3 Å². The van der Waals surface area contributed by atoms with Crippen molar-refractivity contribution in [1.82, 2.24) is 49.9 Å². The fraction of sp³-hybridized carbons (Fsp3) is 0.554. The third kappa shape index (κ3) is 13.5. The van der Waals surface area contributed by atoms with Gasteiger partial charge in [-0.1, -0.05) is 26.8 Å². The van der Waals surface area contributed by atoms with E-state index in [0.29, 0.717) is 99.6 Å². The minimum atomic E-state index is -1.30. The SMILES string of the molecule is CC(C)N(CC1=C(O)C(O)[C@H](n2cnc3c(NCCCCNC(=O)CCOCCOCCOCCNc4ccc5c(c4)C(=O)N(C4CCC(=O)NC4=O)C5=O)ncnc32)O1)C1CC(CCc2nc3ccc(C(C)(C)C)cc3[nH]2)C1. The molecule has 3 aromatic heterocycles. The zero-order valence-electron chi connectivity index (χ0n) is 45.7. The van der Waals surface area contributed by atoms with Crippen LogP contribution in [0, 0.1) is 5.92 Å². The second-order valence-corrected chi connectivity index (χ2v) is 22.0. The monoisotopic (exact) mass is 1090 g/mol. The largest absolute Gasteiger partial charge is 0.506 e. The number of amides is 5. The third-order valence-corrected chi connectivity index (χ3v) is 15.0. The highest BCUT2D eigenvalue weighted by Gasteiger charge is 2.45. The van der Waals surface area contributed by atoms with Gasteiger partial charge in [-0.25, -0.2) is 19.9 Å². The van der Waals surface area contributed by atoms with Crippen molar-refractivity contribution in [2.24, 2.45) is 5.92 Å². The van der Waals surface area contributed by atoms with E-state index in [-0.39, 0.29) is 60.1 Å². The number of unbranched alkanes of at least 4 members (excludes halogenated alkanes) is 1. The molecule has 7 N–H and O–H groups in total. The standard InChI is InChI=1S/C56H74N12O11/c1-33(2)66(37-26-34(27-37)8-14-44-63-40-12-9-35(56(3,4)5)28-41(40)64-44)30-43-48(71)49(72)55(79-43)67-32-62-47-50(60-31-61-51(47)67)59-18-7-6-17-58-45(69)16-20-76-22-24-78-25-23-77-21-19-57-36-10-11-38-39(29-36)54(75)68(53(38)74)42-13-15-46(70)65-52(42)73/h9-12,28-29,31-34,37,42,49,55,57,71-72H,6-8,13-27,30H2,1-5H3,(H,58,69)(H,63,64)(H,59,60,61)(H,65,70,73)/t34?,37?,42?,49?,55-/m1/s1. The molecule has 2 fully saturated rings. The first-order chi connectivity index (χ1) is 38.0. The van der Waals surface area contributed by atoms with Crippen molar-refractivity contribution in [2.45, 2.75) is 128 Å². The van der Waals surface area contributed by atoms with Crippen LogP contribution in [-0.4, -0.2) is 169 Å². The van der Waals surface area contributed by atoms with E-state index in [2.05, 4.69) is 98.9 Å². The van der Waals surface area contributed by atoms with Crippen LogP contribution in [0.4, 0.5) is 11.5 Å². The summed E-state index contributed by atoms with van der Waals surface area (Å²) in [7, 11) is 0. The summed E-state index contributed by atoms with van der Waals surface area (Å²) in [6, 6.07) is 10.8. The molecule has 79 heavy (non-hydrogen) atoms. The summed E-state index contributed by atoms with van der Waals surface area (Å²) < 4.78 is 24.7. The number of hydrogen-bond acceptors (Lipinski definition) is 18. The first kappa shape index (κ1) is 56.7. The molecule has 5 amide bonds.